The molecule has 1 fully saturated rings. The van der Waals surface area contributed by atoms with Crippen molar-refractivity contribution in [1.29, 1.82) is 0 Å². The standard InChI is InChI=1S/C16H17ClF3N5O2/c1-21-12-3-2-10(17)8-11(12)14-22-23-15(16(18,19)20)25(14)13(9-26)24-4-6-27-7-5-24/h2-3,8-9,13,21H,4-7H2,1H3. The van der Waals surface area contributed by atoms with Gasteiger partial charge in [0.15, 0.2) is 12.1 Å². The molecule has 11 heteroatoms. The summed E-state index contributed by atoms with van der Waals surface area (Å²) in [5.41, 5.74) is 0.821. The Morgan fingerprint density at radius 3 is 2.59 bits per heavy atom. The molecule has 0 spiro atoms. The van der Waals surface area contributed by atoms with E-state index in [9.17, 15) is 18.0 Å². The monoisotopic (exact) mass is 403 g/mol. The molecule has 1 atom stereocenters. The van der Waals surface area contributed by atoms with Gasteiger partial charge in [-0.2, -0.15) is 13.2 Å². The maximum Gasteiger partial charge on any atom is 0.451 e. The normalized spacial score (nSPS) is 16.9. The molecule has 1 unspecified atom stereocenters. The molecular formula is C16H17ClF3N5O2. The van der Waals surface area contributed by atoms with Crippen LogP contribution in [0, 0.1) is 0 Å². The Morgan fingerprint density at radius 2 is 2.00 bits per heavy atom. The first kappa shape index (κ1) is 19.6. The number of hydrogen-bond acceptors (Lipinski definition) is 6. The van der Waals surface area contributed by atoms with Gasteiger partial charge in [0.2, 0.25) is 5.82 Å². The molecule has 27 heavy (non-hydrogen) atoms. The van der Waals surface area contributed by atoms with Crippen molar-refractivity contribution >= 4 is 23.6 Å². The van der Waals surface area contributed by atoms with Crippen molar-refractivity contribution in [3.8, 4) is 11.4 Å². The quantitative estimate of drug-likeness (QED) is 0.774. The van der Waals surface area contributed by atoms with Crippen molar-refractivity contribution in [2.45, 2.75) is 12.3 Å². The Morgan fingerprint density at radius 1 is 1.30 bits per heavy atom. The second kappa shape index (κ2) is 7.83. The fourth-order valence-corrected chi connectivity index (χ4v) is 3.16. The minimum Gasteiger partial charge on any atom is -0.388 e. The third-order valence-corrected chi connectivity index (χ3v) is 4.48. The first-order valence-corrected chi connectivity index (χ1v) is 8.51. The fraction of sp³-hybridized carbons (Fsp3) is 0.438. The van der Waals surface area contributed by atoms with Crippen molar-refractivity contribution in [1.82, 2.24) is 19.7 Å². The molecule has 1 aliphatic heterocycles. The molecule has 1 aromatic heterocycles. The summed E-state index contributed by atoms with van der Waals surface area (Å²) in [6, 6.07) is 4.70. The summed E-state index contributed by atoms with van der Waals surface area (Å²) >= 11 is 6.03. The fourth-order valence-electron chi connectivity index (χ4n) is 2.99. The van der Waals surface area contributed by atoms with Gasteiger partial charge < -0.3 is 10.1 Å². The molecule has 0 aliphatic carbocycles. The Kier molecular flexibility index (Phi) is 5.68. The van der Waals surface area contributed by atoms with Crippen LogP contribution < -0.4 is 5.32 Å². The number of morpholine rings is 1. The van der Waals surface area contributed by atoms with Gasteiger partial charge in [-0.1, -0.05) is 11.6 Å². The van der Waals surface area contributed by atoms with Gasteiger partial charge in [-0.3, -0.25) is 14.3 Å². The Balaban J connectivity index is 2.20. The lowest BCUT2D eigenvalue weighted by molar-refractivity contribution is -0.150. The van der Waals surface area contributed by atoms with E-state index < -0.39 is 18.2 Å². The summed E-state index contributed by atoms with van der Waals surface area (Å²) in [7, 11) is 1.62. The van der Waals surface area contributed by atoms with E-state index in [2.05, 4.69) is 15.5 Å². The number of nitrogens with zero attached hydrogens (tertiary/aromatic N) is 4. The summed E-state index contributed by atoms with van der Waals surface area (Å²) in [5.74, 6) is -1.35. The number of alkyl halides is 3. The molecule has 1 saturated heterocycles. The van der Waals surface area contributed by atoms with Crippen molar-refractivity contribution < 1.29 is 22.7 Å². The highest BCUT2D eigenvalue weighted by Gasteiger charge is 2.42. The number of hydrogen-bond donors (Lipinski definition) is 1. The topological polar surface area (TPSA) is 72.3 Å². The number of aromatic nitrogens is 3. The summed E-state index contributed by atoms with van der Waals surface area (Å²) in [6.07, 6.45) is -5.55. The number of ether oxygens (including phenoxy) is 1. The molecule has 0 bridgehead atoms. The van der Waals surface area contributed by atoms with Crippen LogP contribution in [-0.2, 0) is 15.7 Å². The van der Waals surface area contributed by atoms with E-state index in [1.54, 1.807) is 24.1 Å². The van der Waals surface area contributed by atoms with Crippen LogP contribution in [0.3, 0.4) is 0 Å². The van der Waals surface area contributed by atoms with Gasteiger partial charge in [0.25, 0.3) is 0 Å². The Labute approximate surface area is 158 Å². The minimum absolute atomic E-state index is 0.0993. The van der Waals surface area contributed by atoms with Crippen molar-refractivity contribution in [2.75, 3.05) is 38.7 Å². The Bertz CT molecular complexity index is 821. The van der Waals surface area contributed by atoms with Crippen LogP contribution in [0.5, 0.6) is 0 Å². The number of halogens is 4. The highest BCUT2D eigenvalue weighted by Crippen LogP contribution is 2.37. The number of rotatable bonds is 5. The average molecular weight is 404 g/mol. The van der Waals surface area contributed by atoms with E-state index >= 15 is 0 Å². The van der Waals surface area contributed by atoms with Crippen LogP contribution in [0.15, 0.2) is 18.2 Å². The molecule has 0 saturated carbocycles. The lowest BCUT2D eigenvalue weighted by Gasteiger charge is -2.33. The van der Waals surface area contributed by atoms with Gasteiger partial charge in [0.05, 0.1) is 13.2 Å². The molecule has 7 nitrogen and oxygen atoms in total. The second-order valence-electron chi connectivity index (χ2n) is 5.85. The lowest BCUT2D eigenvalue weighted by Crippen LogP contribution is -2.43. The van der Waals surface area contributed by atoms with Gasteiger partial charge in [-0.15, -0.1) is 10.2 Å². The summed E-state index contributed by atoms with van der Waals surface area (Å²) in [5, 5.41) is 10.3. The smallest absolute Gasteiger partial charge is 0.388 e. The summed E-state index contributed by atoms with van der Waals surface area (Å²) < 4.78 is 46.8. The van der Waals surface area contributed by atoms with Crippen LogP contribution in [-0.4, -0.2) is 59.3 Å². The highest BCUT2D eigenvalue weighted by atomic mass is 35.5. The predicted octanol–water partition coefficient (Wildman–Crippen LogP) is 2.69. The molecular weight excluding hydrogens is 387 g/mol. The predicted molar refractivity (Wildman–Crippen MR) is 92.5 cm³/mol. The zero-order valence-corrected chi connectivity index (χ0v) is 15.1. The SMILES string of the molecule is CNc1ccc(Cl)cc1-c1nnc(C(F)(F)F)n1C(C=O)N1CCOCC1. The average Bonchev–Trinajstić information content (AvgIpc) is 3.08. The summed E-state index contributed by atoms with van der Waals surface area (Å²) in [6.45, 7) is 1.27. The van der Waals surface area contributed by atoms with Crippen molar-refractivity contribution in [3.63, 3.8) is 0 Å². The molecule has 0 amide bonds. The molecule has 146 valence electrons. The first-order valence-electron chi connectivity index (χ1n) is 8.13. The van der Waals surface area contributed by atoms with Crippen LogP contribution in [0.1, 0.15) is 12.0 Å². The first-order chi connectivity index (χ1) is 12.9. The van der Waals surface area contributed by atoms with E-state index in [1.807, 2.05) is 0 Å². The van der Waals surface area contributed by atoms with Gasteiger partial charge >= 0.3 is 6.18 Å². The lowest BCUT2D eigenvalue weighted by atomic mass is 10.1. The van der Waals surface area contributed by atoms with Gasteiger partial charge in [-0.25, -0.2) is 0 Å². The number of benzene rings is 1. The molecule has 2 heterocycles. The summed E-state index contributed by atoms with van der Waals surface area (Å²) in [4.78, 5) is 13.4. The minimum atomic E-state index is -4.78. The number of anilines is 1. The largest absolute Gasteiger partial charge is 0.451 e. The van der Waals surface area contributed by atoms with E-state index in [4.69, 9.17) is 16.3 Å². The molecule has 2 aromatic rings. The van der Waals surface area contributed by atoms with E-state index in [-0.39, 0.29) is 5.82 Å². The molecule has 1 aliphatic rings. The van der Waals surface area contributed by atoms with Crippen molar-refractivity contribution in [3.05, 3.63) is 29.0 Å². The highest BCUT2D eigenvalue weighted by molar-refractivity contribution is 6.31. The van der Waals surface area contributed by atoms with Crippen molar-refractivity contribution in [2.24, 2.45) is 0 Å². The zero-order chi connectivity index (χ0) is 19.6. The number of carbonyl (C=O) groups is 1. The maximum atomic E-state index is 13.6. The number of aldehydes is 1. The van der Waals surface area contributed by atoms with Crippen LogP contribution in [0.2, 0.25) is 5.02 Å². The molecule has 3 rings (SSSR count). The van der Waals surface area contributed by atoms with E-state index in [0.29, 0.717) is 48.9 Å². The molecule has 1 N–H and O–H groups in total. The zero-order valence-electron chi connectivity index (χ0n) is 14.3. The van der Waals surface area contributed by atoms with E-state index in [1.165, 1.54) is 6.07 Å². The number of nitrogens with one attached hydrogen (secondary N) is 1. The number of carbonyl (C=O) groups excluding carboxylic acids is 1. The molecule has 1 aromatic carbocycles. The maximum absolute atomic E-state index is 13.6. The van der Waals surface area contributed by atoms with Crippen LogP contribution >= 0.6 is 11.6 Å². The van der Waals surface area contributed by atoms with Gasteiger partial charge in [-0.05, 0) is 18.2 Å². The van der Waals surface area contributed by atoms with Crippen LogP contribution in [0.4, 0.5) is 18.9 Å². The van der Waals surface area contributed by atoms with Gasteiger partial charge in [0, 0.05) is 36.4 Å². The Hall–Kier alpha value is -2.17. The third-order valence-electron chi connectivity index (χ3n) is 4.25. The molecule has 0 radical (unpaired) electrons. The van der Waals surface area contributed by atoms with Crippen LogP contribution in [0.25, 0.3) is 11.4 Å². The third kappa shape index (κ3) is 3.92. The van der Waals surface area contributed by atoms with E-state index in [0.717, 1.165) is 4.57 Å². The second-order valence-corrected chi connectivity index (χ2v) is 6.29. The van der Waals surface area contributed by atoms with Gasteiger partial charge in [0.1, 0.15) is 6.17 Å².